The van der Waals surface area contributed by atoms with Gasteiger partial charge in [0.15, 0.2) is 0 Å². The van der Waals surface area contributed by atoms with E-state index in [2.05, 4.69) is 6.58 Å². The first-order valence-electron chi connectivity index (χ1n) is 11.1. The van der Waals surface area contributed by atoms with Gasteiger partial charge < -0.3 is 18.9 Å². The largest absolute Gasteiger partial charge is 0.463 e. The number of para-hydroxylation sites is 1. The first-order valence-corrected chi connectivity index (χ1v) is 11.1. The fourth-order valence-corrected chi connectivity index (χ4v) is 2.91. The van der Waals surface area contributed by atoms with E-state index in [1.807, 2.05) is 6.07 Å². The SMILES string of the molecule is C=CC(=O)OCCCCOC(=O)c1ccc(OC(=O)c2ccc(C(=O)Oc3ccccc3)cc2)cc1. The highest BCUT2D eigenvalue weighted by Crippen LogP contribution is 2.17. The average molecular weight is 488 g/mol. The normalized spacial score (nSPS) is 10.1. The molecule has 0 N–H and O–H groups in total. The smallest absolute Gasteiger partial charge is 0.343 e. The van der Waals surface area contributed by atoms with E-state index in [0.29, 0.717) is 24.2 Å². The van der Waals surface area contributed by atoms with Gasteiger partial charge in [-0.25, -0.2) is 19.2 Å². The highest BCUT2D eigenvalue weighted by Gasteiger charge is 2.13. The molecule has 0 radical (unpaired) electrons. The molecule has 0 heterocycles. The van der Waals surface area contributed by atoms with Crippen molar-refractivity contribution >= 4 is 23.9 Å². The van der Waals surface area contributed by atoms with E-state index in [4.69, 9.17) is 18.9 Å². The standard InChI is InChI=1S/C28H24O8/c1-2-25(29)33-18-6-7-19-34-26(30)20-14-16-24(17-15-20)36-28(32)22-12-10-21(11-13-22)27(31)35-23-8-4-3-5-9-23/h2-5,8-17H,1,6-7,18-19H2. The van der Waals surface area contributed by atoms with E-state index in [0.717, 1.165) is 6.08 Å². The van der Waals surface area contributed by atoms with E-state index >= 15 is 0 Å². The molecule has 36 heavy (non-hydrogen) atoms. The molecule has 0 saturated heterocycles. The molecule has 184 valence electrons. The van der Waals surface area contributed by atoms with E-state index < -0.39 is 23.9 Å². The number of carbonyl (C=O) groups is 4. The Bertz CT molecular complexity index is 1200. The zero-order valence-corrected chi connectivity index (χ0v) is 19.4. The molecule has 0 unspecified atom stereocenters. The van der Waals surface area contributed by atoms with Gasteiger partial charge >= 0.3 is 23.9 Å². The van der Waals surface area contributed by atoms with Crippen molar-refractivity contribution in [3.63, 3.8) is 0 Å². The van der Waals surface area contributed by atoms with Crippen molar-refractivity contribution in [2.45, 2.75) is 12.8 Å². The van der Waals surface area contributed by atoms with E-state index in [-0.39, 0.29) is 30.1 Å². The minimum Gasteiger partial charge on any atom is -0.463 e. The van der Waals surface area contributed by atoms with Crippen molar-refractivity contribution in [1.29, 1.82) is 0 Å². The van der Waals surface area contributed by atoms with Crippen molar-refractivity contribution in [3.8, 4) is 11.5 Å². The zero-order valence-electron chi connectivity index (χ0n) is 19.4. The number of esters is 4. The fourth-order valence-electron chi connectivity index (χ4n) is 2.91. The molecule has 0 fully saturated rings. The number of rotatable bonds is 11. The van der Waals surface area contributed by atoms with Crippen LogP contribution >= 0.6 is 0 Å². The van der Waals surface area contributed by atoms with Gasteiger partial charge in [-0.2, -0.15) is 0 Å². The number of hydrogen-bond donors (Lipinski definition) is 0. The molecule has 3 aromatic carbocycles. The molecule has 0 saturated carbocycles. The van der Waals surface area contributed by atoms with Gasteiger partial charge in [0.05, 0.1) is 29.9 Å². The summed E-state index contributed by atoms with van der Waals surface area (Å²) >= 11 is 0. The summed E-state index contributed by atoms with van der Waals surface area (Å²) in [5.74, 6) is -1.51. The second-order valence-electron chi connectivity index (χ2n) is 7.41. The number of unbranched alkanes of at least 4 members (excludes halogenated alkanes) is 1. The van der Waals surface area contributed by atoms with Crippen LogP contribution < -0.4 is 9.47 Å². The molecule has 0 atom stereocenters. The van der Waals surface area contributed by atoms with Crippen LogP contribution in [-0.4, -0.2) is 37.1 Å². The van der Waals surface area contributed by atoms with Crippen LogP contribution in [0.25, 0.3) is 0 Å². The molecular formula is C28H24O8. The van der Waals surface area contributed by atoms with Crippen molar-refractivity contribution in [2.24, 2.45) is 0 Å². The summed E-state index contributed by atoms with van der Waals surface area (Å²) < 4.78 is 20.6. The van der Waals surface area contributed by atoms with Crippen LogP contribution in [0.3, 0.4) is 0 Å². The molecule has 0 spiro atoms. The summed E-state index contributed by atoms with van der Waals surface area (Å²) in [4.78, 5) is 47.7. The van der Waals surface area contributed by atoms with Crippen LogP contribution in [0.2, 0.25) is 0 Å². The Morgan fingerprint density at radius 2 is 1.03 bits per heavy atom. The van der Waals surface area contributed by atoms with Crippen LogP contribution in [0.15, 0.2) is 91.5 Å². The lowest BCUT2D eigenvalue weighted by atomic mass is 10.1. The van der Waals surface area contributed by atoms with E-state index in [1.54, 1.807) is 24.3 Å². The summed E-state index contributed by atoms with van der Waals surface area (Å²) in [6, 6.07) is 20.5. The Labute approximate surface area is 208 Å². The summed E-state index contributed by atoms with van der Waals surface area (Å²) in [6.45, 7) is 3.71. The summed E-state index contributed by atoms with van der Waals surface area (Å²) in [7, 11) is 0. The van der Waals surface area contributed by atoms with Gasteiger partial charge in [-0.3, -0.25) is 0 Å². The van der Waals surface area contributed by atoms with Crippen molar-refractivity contribution < 1.29 is 38.1 Å². The van der Waals surface area contributed by atoms with E-state index in [9.17, 15) is 19.2 Å². The molecule has 0 aliphatic rings. The Kier molecular flexibility index (Phi) is 9.52. The van der Waals surface area contributed by atoms with Crippen molar-refractivity contribution in [3.05, 3.63) is 108 Å². The zero-order chi connectivity index (χ0) is 25.8. The molecular weight excluding hydrogens is 464 g/mol. The molecule has 0 bridgehead atoms. The van der Waals surface area contributed by atoms with E-state index in [1.165, 1.54) is 48.5 Å². The number of carbonyl (C=O) groups excluding carboxylic acids is 4. The monoisotopic (exact) mass is 488 g/mol. The summed E-state index contributed by atoms with van der Waals surface area (Å²) in [5.41, 5.74) is 0.832. The maximum absolute atomic E-state index is 12.4. The quantitative estimate of drug-likeness (QED) is 0.164. The molecule has 0 aliphatic heterocycles. The maximum Gasteiger partial charge on any atom is 0.343 e. The van der Waals surface area contributed by atoms with Crippen LogP contribution in [0.1, 0.15) is 43.9 Å². The number of hydrogen-bond acceptors (Lipinski definition) is 8. The molecule has 0 aliphatic carbocycles. The molecule has 8 nitrogen and oxygen atoms in total. The van der Waals surface area contributed by atoms with Crippen LogP contribution in [0.5, 0.6) is 11.5 Å². The van der Waals surface area contributed by atoms with Gasteiger partial charge in [0.1, 0.15) is 11.5 Å². The molecule has 0 aromatic heterocycles. The average Bonchev–Trinajstić information content (AvgIpc) is 2.91. The van der Waals surface area contributed by atoms with Crippen LogP contribution in [0.4, 0.5) is 0 Å². The predicted octanol–water partition coefficient (Wildman–Crippen LogP) is 4.79. The van der Waals surface area contributed by atoms with Gasteiger partial charge in [-0.15, -0.1) is 0 Å². The Balaban J connectivity index is 1.45. The van der Waals surface area contributed by atoms with Gasteiger partial charge in [0, 0.05) is 6.08 Å². The minimum atomic E-state index is -0.620. The summed E-state index contributed by atoms with van der Waals surface area (Å²) in [5, 5.41) is 0. The Morgan fingerprint density at radius 3 is 1.56 bits per heavy atom. The maximum atomic E-state index is 12.4. The van der Waals surface area contributed by atoms with Gasteiger partial charge in [-0.1, -0.05) is 24.8 Å². The van der Waals surface area contributed by atoms with Gasteiger partial charge in [-0.05, 0) is 73.5 Å². The number of benzene rings is 3. The lowest BCUT2D eigenvalue weighted by Crippen LogP contribution is -2.11. The van der Waals surface area contributed by atoms with Crippen molar-refractivity contribution in [2.75, 3.05) is 13.2 Å². The minimum absolute atomic E-state index is 0.177. The molecule has 8 heteroatoms. The van der Waals surface area contributed by atoms with Crippen LogP contribution in [0, 0.1) is 0 Å². The summed E-state index contributed by atoms with van der Waals surface area (Å²) in [6.07, 6.45) is 2.17. The Morgan fingerprint density at radius 1 is 0.583 bits per heavy atom. The second kappa shape index (κ2) is 13.2. The van der Waals surface area contributed by atoms with Crippen molar-refractivity contribution in [1.82, 2.24) is 0 Å². The predicted molar refractivity (Wildman–Crippen MR) is 130 cm³/mol. The fraction of sp³-hybridized carbons (Fsp3) is 0.143. The molecule has 3 rings (SSSR count). The molecule has 0 amide bonds. The first kappa shape index (κ1) is 25.9. The lowest BCUT2D eigenvalue weighted by molar-refractivity contribution is -0.137. The third-order valence-electron chi connectivity index (χ3n) is 4.79. The Hall–Kier alpha value is -4.72. The third kappa shape index (κ3) is 7.95. The van der Waals surface area contributed by atoms with Crippen LogP contribution in [-0.2, 0) is 14.3 Å². The third-order valence-corrected chi connectivity index (χ3v) is 4.79. The van der Waals surface area contributed by atoms with Gasteiger partial charge in [0.2, 0.25) is 0 Å². The van der Waals surface area contributed by atoms with Gasteiger partial charge in [0.25, 0.3) is 0 Å². The highest BCUT2D eigenvalue weighted by atomic mass is 16.5. The first-order chi connectivity index (χ1) is 17.5. The second-order valence-corrected chi connectivity index (χ2v) is 7.41. The molecule has 3 aromatic rings. The lowest BCUT2D eigenvalue weighted by Gasteiger charge is -2.08. The topological polar surface area (TPSA) is 105 Å². The number of ether oxygens (including phenoxy) is 4. The highest BCUT2D eigenvalue weighted by molar-refractivity contribution is 5.95.